The number of urea groups is 1. The summed E-state index contributed by atoms with van der Waals surface area (Å²) in [6, 6.07) is 14.9. The van der Waals surface area contributed by atoms with Gasteiger partial charge in [-0.3, -0.25) is 10.1 Å². The minimum atomic E-state index is -1.19. The standard InChI is InChI=1S/C32H38FN3O5/c1-6-7-18-40-19-17-34-30(38)36-29(37)31(2,3)26-22-9-8-10-24(33)27(22)41-28-23(26)15-16-25(35-28)20-11-13-21(14-12-20)32(4,5)39/h8-16,26,39H,6-7,17-19H2,1-5H3,(H2,34,36,37,38)/t26-/m0/s1. The number of fused-ring (bicyclic) bond motifs is 2. The lowest BCUT2D eigenvalue weighted by molar-refractivity contribution is -0.128. The van der Waals surface area contributed by atoms with Gasteiger partial charge in [0.25, 0.3) is 0 Å². The summed E-state index contributed by atoms with van der Waals surface area (Å²) in [7, 11) is 0. The molecule has 1 aliphatic rings. The second kappa shape index (κ2) is 12.4. The van der Waals surface area contributed by atoms with Crippen LogP contribution >= 0.6 is 0 Å². The largest absolute Gasteiger partial charge is 0.435 e. The van der Waals surface area contributed by atoms with E-state index in [4.69, 9.17) is 14.5 Å². The molecule has 1 aromatic heterocycles. The molecule has 0 saturated heterocycles. The molecule has 3 N–H and O–H groups in total. The number of rotatable bonds is 10. The molecular weight excluding hydrogens is 525 g/mol. The monoisotopic (exact) mass is 563 g/mol. The molecule has 41 heavy (non-hydrogen) atoms. The Bertz CT molecular complexity index is 1400. The molecule has 0 aliphatic carbocycles. The predicted molar refractivity (Wildman–Crippen MR) is 154 cm³/mol. The number of ether oxygens (including phenoxy) is 2. The van der Waals surface area contributed by atoms with E-state index in [2.05, 4.69) is 17.6 Å². The number of benzene rings is 2. The maximum Gasteiger partial charge on any atom is 0.321 e. The van der Waals surface area contributed by atoms with Crippen molar-refractivity contribution in [3.05, 3.63) is 77.1 Å². The SMILES string of the molecule is CCCCOCCNC(=O)NC(=O)C(C)(C)[C@@H]1c2ccc(-c3ccc(C(C)(C)O)cc3)nc2Oc2c(F)cccc21. The fourth-order valence-electron chi connectivity index (χ4n) is 4.89. The van der Waals surface area contributed by atoms with Gasteiger partial charge >= 0.3 is 6.03 Å². The molecule has 0 radical (unpaired) electrons. The first-order valence-corrected chi connectivity index (χ1v) is 13.9. The average Bonchev–Trinajstić information content (AvgIpc) is 2.93. The van der Waals surface area contributed by atoms with E-state index in [1.807, 2.05) is 36.4 Å². The smallest absolute Gasteiger partial charge is 0.321 e. The average molecular weight is 564 g/mol. The first-order chi connectivity index (χ1) is 19.4. The number of carbonyl (C=O) groups is 2. The third-order valence-electron chi connectivity index (χ3n) is 7.30. The molecule has 8 nitrogen and oxygen atoms in total. The maximum atomic E-state index is 15.0. The van der Waals surface area contributed by atoms with Crippen LogP contribution in [-0.2, 0) is 15.1 Å². The quantitative estimate of drug-likeness (QED) is 0.260. The van der Waals surface area contributed by atoms with Crippen molar-refractivity contribution in [3.8, 4) is 22.9 Å². The Kier molecular flexibility index (Phi) is 9.09. The van der Waals surface area contributed by atoms with Gasteiger partial charge in [-0.2, -0.15) is 0 Å². The summed E-state index contributed by atoms with van der Waals surface area (Å²) in [6.07, 6.45) is 1.96. The van der Waals surface area contributed by atoms with Crippen molar-refractivity contribution in [2.45, 2.75) is 59.0 Å². The molecule has 0 saturated carbocycles. The molecule has 0 unspecified atom stereocenters. The Labute approximate surface area is 240 Å². The van der Waals surface area contributed by atoms with E-state index in [-0.39, 0.29) is 18.2 Å². The number of imide groups is 1. The van der Waals surface area contributed by atoms with Crippen LogP contribution in [0.15, 0.2) is 54.6 Å². The van der Waals surface area contributed by atoms with Crippen LogP contribution in [0.4, 0.5) is 9.18 Å². The number of carbonyl (C=O) groups excluding carboxylic acids is 2. The summed E-state index contributed by atoms with van der Waals surface area (Å²) in [5.41, 5.74) is 1.06. The van der Waals surface area contributed by atoms with Gasteiger partial charge in [0.15, 0.2) is 11.6 Å². The molecule has 0 fully saturated rings. The van der Waals surface area contributed by atoms with E-state index < -0.39 is 34.7 Å². The molecule has 2 aromatic carbocycles. The summed E-state index contributed by atoms with van der Waals surface area (Å²) >= 11 is 0. The van der Waals surface area contributed by atoms with Gasteiger partial charge in [-0.1, -0.05) is 69.7 Å². The van der Waals surface area contributed by atoms with E-state index >= 15 is 4.39 Å². The van der Waals surface area contributed by atoms with Gasteiger partial charge in [-0.25, -0.2) is 14.2 Å². The minimum Gasteiger partial charge on any atom is -0.435 e. The van der Waals surface area contributed by atoms with Crippen LogP contribution in [0.5, 0.6) is 11.6 Å². The van der Waals surface area contributed by atoms with E-state index in [0.717, 1.165) is 24.0 Å². The Hall–Kier alpha value is -3.82. The fraction of sp³-hybridized carbons (Fsp3) is 0.406. The predicted octanol–water partition coefficient (Wildman–Crippen LogP) is 6.02. The summed E-state index contributed by atoms with van der Waals surface area (Å²) in [4.78, 5) is 30.7. The lowest BCUT2D eigenvalue weighted by Crippen LogP contribution is -2.48. The Morgan fingerprint density at radius 3 is 2.44 bits per heavy atom. The number of nitrogens with one attached hydrogen (secondary N) is 2. The topological polar surface area (TPSA) is 110 Å². The molecular formula is C32H38FN3O5. The van der Waals surface area contributed by atoms with Crippen LogP contribution in [0, 0.1) is 11.2 Å². The van der Waals surface area contributed by atoms with Gasteiger partial charge in [0.1, 0.15) is 0 Å². The van der Waals surface area contributed by atoms with Crippen LogP contribution in [0.25, 0.3) is 11.3 Å². The summed E-state index contributed by atoms with van der Waals surface area (Å²) in [5.74, 6) is -1.56. The Morgan fingerprint density at radius 2 is 1.76 bits per heavy atom. The zero-order chi connectivity index (χ0) is 29.8. The van der Waals surface area contributed by atoms with Crippen LogP contribution < -0.4 is 15.4 Å². The van der Waals surface area contributed by atoms with Crippen molar-refractivity contribution < 1.29 is 28.6 Å². The number of hydrogen-bond acceptors (Lipinski definition) is 6. The van der Waals surface area contributed by atoms with Crippen molar-refractivity contribution in [2.75, 3.05) is 19.8 Å². The molecule has 9 heteroatoms. The maximum absolute atomic E-state index is 15.0. The number of pyridine rings is 1. The fourth-order valence-corrected chi connectivity index (χ4v) is 4.89. The van der Waals surface area contributed by atoms with Crippen LogP contribution in [-0.4, -0.2) is 41.8 Å². The highest BCUT2D eigenvalue weighted by Crippen LogP contribution is 2.52. The lowest BCUT2D eigenvalue weighted by atomic mass is 9.69. The molecule has 2 heterocycles. The summed E-state index contributed by atoms with van der Waals surface area (Å²) in [5, 5.41) is 15.4. The van der Waals surface area contributed by atoms with Gasteiger partial charge in [-0.05, 0) is 38.0 Å². The van der Waals surface area contributed by atoms with Crippen LogP contribution in [0.2, 0.25) is 0 Å². The number of unbranched alkanes of at least 4 members (excludes halogenated alkanes) is 1. The number of nitrogens with zero attached hydrogens (tertiary/aromatic N) is 1. The van der Waals surface area contributed by atoms with Gasteiger partial charge < -0.3 is 19.9 Å². The van der Waals surface area contributed by atoms with Gasteiger partial charge in [0.2, 0.25) is 11.8 Å². The Morgan fingerprint density at radius 1 is 1.02 bits per heavy atom. The van der Waals surface area contributed by atoms with E-state index in [1.165, 1.54) is 6.07 Å². The van der Waals surface area contributed by atoms with Gasteiger partial charge in [-0.15, -0.1) is 0 Å². The number of aromatic nitrogens is 1. The minimum absolute atomic E-state index is 0.00147. The number of para-hydroxylation sites is 1. The lowest BCUT2D eigenvalue weighted by Gasteiger charge is -2.37. The van der Waals surface area contributed by atoms with Gasteiger partial charge in [0.05, 0.1) is 23.3 Å². The van der Waals surface area contributed by atoms with Crippen LogP contribution in [0.3, 0.4) is 0 Å². The van der Waals surface area contributed by atoms with E-state index in [0.29, 0.717) is 30.0 Å². The van der Waals surface area contributed by atoms with Crippen molar-refractivity contribution >= 4 is 11.9 Å². The molecule has 0 bridgehead atoms. The number of amides is 3. The molecule has 4 rings (SSSR count). The molecule has 3 aromatic rings. The first kappa shape index (κ1) is 30.1. The highest BCUT2D eigenvalue weighted by Gasteiger charge is 2.45. The number of aliphatic hydroxyl groups is 1. The number of hydrogen-bond donors (Lipinski definition) is 3. The zero-order valence-electron chi connectivity index (χ0n) is 24.2. The second-order valence-corrected chi connectivity index (χ2v) is 11.3. The van der Waals surface area contributed by atoms with Crippen molar-refractivity contribution in [1.29, 1.82) is 0 Å². The van der Waals surface area contributed by atoms with Crippen molar-refractivity contribution in [3.63, 3.8) is 0 Å². The molecule has 218 valence electrons. The molecule has 1 aliphatic heterocycles. The zero-order valence-corrected chi connectivity index (χ0v) is 24.2. The number of halogens is 1. The highest BCUT2D eigenvalue weighted by atomic mass is 19.1. The van der Waals surface area contributed by atoms with Crippen molar-refractivity contribution in [2.24, 2.45) is 5.41 Å². The summed E-state index contributed by atoms with van der Waals surface area (Å²) in [6.45, 7) is 10.1. The molecule has 0 spiro atoms. The third kappa shape index (κ3) is 6.74. The third-order valence-corrected chi connectivity index (χ3v) is 7.30. The van der Waals surface area contributed by atoms with Gasteiger partial charge in [0, 0.05) is 35.8 Å². The van der Waals surface area contributed by atoms with E-state index in [9.17, 15) is 14.7 Å². The highest BCUT2D eigenvalue weighted by molar-refractivity contribution is 5.98. The second-order valence-electron chi connectivity index (χ2n) is 11.3. The summed E-state index contributed by atoms with van der Waals surface area (Å²) < 4.78 is 26.4. The van der Waals surface area contributed by atoms with Crippen molar-refractivity contribution in [1.82, 2.24) is 15.6 Å². The normalized spacial score (nSPS) is 14.5. The van der Waals surface area contributed by atoms with E-state index in [1.54, 1.807) is 39.8 Å². The van der Waals surface area contributed by atoms with Crippen LogP contribution in [0.1, 0.15) is 70.1 Å². The Balaban J connectivity index is 1.60. The molecule has 1 atom stereocenters. The molecule has 3 amide bonds. The first-order valence-electron chi connectivity index (χ1n) is 13.9.